The maximum absolute atomic E-state index is 12.2. The van der Waals surface area contributed by atoms with Crippen LogP contribution in [-0.2, 0) is 17.8 Å². The van der Waals surface area contributed by atoms with Crippen LogP contribution in [-0.4, -0.2) is 31.6 Å². The average Bonchev–Trinajstić information content (AvgIpc) is 3.24. The van der Waals surface area contributed by atoms with Crippen molar-refractivity contribution in [3.05, 3.63) is 65.2 Å². The van der Waals surface area contributed by atoms with Crippen LogP contribution < -0.4 is 5.32 Å². The first-order valence-corrected chi connectivity index (χ1v) is 9.30. The molecule has 0 saturated carbocycles. The summed E-state index contributed by atoms with van der Waals surface area (Å²) < 4.78 is 5.08. The zero-order valence-electron chi connectivity index (χ0n) is 14.1. The third-order valence-electron chi connectivity index (χ3n) is 4.37. The van der Waals surface area contributed by atoms with Crippen LogP contribution in [0.4, 0.5) is 0 Å². The zero-order valence-corrected chi connectivity index (χ0v) is 15.7. The number of fused-ring (bicyclic) bond motifs is 2. The molecule has 0 fully saturated rings. The number of halogens is 1. The van der Waals surface area contributed by atoms with Gasteiger partial charge in [-0.2, -0.15) is 0 Å². The van der Waals surface area contributed by atoms with Crippen molar-refractivity contribution in [2.45, 2.75) is 19.4 Å². The van der Waals surface area contributed by atoms with E-state index < -0.39 is 0 Å². The van der Waals surface area contributed by atoms with E-state index in [1.165, 1.54) is 5.39 Å². The van der Waals surface area contributed by atoms with E-state index in [2.05, 4.69) is 54.2 Å². The minimum absolute atomic E-state index is 0.0377. The second-order valence-corrected chi connectivity index (χ2v) is 7.02. The first-order valence-electron chi connectivity index (χ1n) is 8.50. The van der Waals surface area contributed by atoms with E-state index in [9.17, 15) is 4.79 Å². The molecule has 1 aromatic carbocycles. The number of aromatic nitrogens is 4. The van der Waals surface area contributed by atoms with Crippen LogP contribution in [0.5, 0.6) is 0 Å². The van der Waals surface area contributed by atoms with Gasteiger partial charge in [0.1, 0.15) is 5.82 Å². The van der Waals surface area contributed by atoms with Crippen LogP contribution >= 0.6 is 15.9 Å². The van der Waals surface area contributed by atoms with Crippen molar-refractivity contribution in [3.8, 4) is 0 Å². The summed E-state index contributed by atoms with van der Waals surface area (Å²) in [6, 6.07) is 14.0. The van der Waals surface area contributed by atoms with Gasteiger partial charge in [0, 0.05) is 48.3 Å². The lowest BCUT2D eigenvalue weighted by Gasteiger charge is -2.07. The quantitative estimate of drug-likeness (QED) is 0.529. The molecule has 0 aliphatic carbocycles. The highest BCUT2D eigenvalue weighted by atomic mass is 79.9. The topological polar surface area (TPSA) is 64.2 Å². The predicted molar refractivity (Wildman–Crippen MR) is 104 cm³/mol. The Hall–Kier alpha value is -2.67. The van der Waals surface area contributed by atoms with Crippen molar-refractivity contribution in [2.24, 2.45) is 0 Å². The molecule has 7 heteroatoms. The SMILES string of the molecule is O=C(CCn1ccc2ccc(Br)cc21)NCCc1nnc2ccccn12. The summed E-state index contributed by atoms with van der Waals surface area (Å²) in [5, 5.41) is 12.4. The molecule has 0 atom stereocenters. The monoisotopic (exact) mass is 411 g/mol. The van der Waals surface area contributed by atoms with Gasteiger partial charge in [0.15, 0.2) is 5.65 Å². The lowest BCUT2D eigenvalue weighted by atomic mass is 10.2. The van der Waals surface area contributed by atoms with E-state index >= 15 is 0 Å². The van der Waals surface area contributed by atoms with Gasteiger partial charge in [-0.25, -0.2) is 0 Å². The smallest absolute Gasteiger partial charge is 0.221 e. The molecule has 3 aromatic heterocycles. The van der Waals surface area contributed by atoms with Gasteiger partial charge in [-0.15, -0.1) is 10.2 Å². The number of hydrogen-bond acceptors (Lipinski definition) is 3. The fraction of sp³-hybridized carbons (Fsp3) is 0.211. The van der Waals surface area contributed by atoms with E-state index in [1.807, 2.05) is 41.1 Å². The van der Waals surface area contributed by atoms with E-state index in [0.29, 0.717) is 25.9 Å². The number of aryl methyl sites for hydroxylation is 1. The molecule has 1 N–H and O–H groups in total. The van der Waals surface area contributed by atoms with E-state index in [4.69, 9.17) is 0 Å². The van der Waals surface area contributed by atoms with Gasteiger partial charge < -0.3 is 9.88 Å². The van der Waals surface area contributed by atoms with E-state index in [0.717, 1.165) is 21.5 Å². The fourth-order valence-electron chi connectivity index (χ4n) is 3.04. The molecule has 26 heavy (non-hydrogen) atoms. The number of benzene rings is 1. The van der Waals surface area contributed by atoms with Gasteiger partial charge in [-0.1, -0.05) is 28.1 Å². The highest BCUT2D eigenvalue weighted by molar-refractivity contribution is 9.10. The van der Waals surface area contributed by atoms with Crippen molar-refractivity contribution in [2.75, 3.05) is 6.54 Å². The number of pyridine rings is 1. The minimum atomic E-state index is 0.0377. The molecule has 0 saturated heterocycles. The largest absolute Gasteiger partial charge is 0.356 e. The Kier molecular flexibility index (Phi) is 4.71. The Morgan fingerprint density at radius 3 is 2.96 bits per heavy atom. The third kappa shape index (κ3) is 3.48. The highest BCUT2D eigenvalue weighted by Crippen LogP contribution is 2.21. The van der Waals surface area contributed by atoms with E-state index in [-0.39, 0.29) is 5.91 Å². The van der Waals surface area contributed by atoms with Crippen molar-refractivity contribution in [1.29, 1.82) is 0 Å². The summed E-state index contributed by atoms with van der Waals surface area (Å²) in [6.07, 6.45) is 5.04. The molecular weight excluding hydrogens is 394 g/mol. The first kappa shape index (κ1) is 16.8. The Morgan fingerprint density at radius 2 is 2.04 bits per heavy atom. The molecule has 0 radical (unpaired) electrons. The van der Waals surface area contributed by atoms with Crippen molar-refractivity contribution < 1.29 is 4.79 Å². The molecule has 0 aliphatic heterocycles. The van der Waals surface area contributed by atoms with Gasteiger partial charge in [-0.05, 0) is 35.7 Å². The molecule has 1 amide bonds. The highest BCUT2D eigenvalue weighted by Gasteiger charge is 2.07. The first-order chi connectivity index (χ1) is 12.7. The Bertz CT molecular complexity index is 1070. The van der Waals surface area contributed by atoms with Gasteiger partial charge >= 0.3 is 0 Å². The second kappa shape index (κ2) is 7.29. The number of hydrogen-bond donors (Lipinski definition) is 1. The molecule has 4 aromatic rings. The summed E-state index contributed by atoms with van der Waals surface area (Å²) in [5.41, 5.74) is 1.95. The number of carbonyl (C=O) groups excluding carboxylic acids is 1. The van der Waals surface area contributed by atoms with Crippen LogP contribution in [0.1, 0.15) is 12.2 Å². The zero-order chi connectivity index (χ0) is 17.9. The number of amides is 1. The molecule has 0 bridgehead atoms. The van der Waals surface area contributed by atoms with Crippen molar-refractivity contribution in [1.82, 2.24) is 24.5 Å². The number of nitrogens with zero attached hydrogens (tertiary/aromatic N) is 4. The van der Waals surface area contributed by atoms with Crippen LogP contribution in [0.15, 0.2) is 59.3 Å². The average molecular weight is 412 g/mol. The molecule has 3 heterocycles. The van der Waals surface area contributed by atoms with Crippen molar-refractivity contribution in [3.63, 3.8) is 0 Å². The summed E-state index contributed by atoms with van der Waals surface area (Å²) in [5.74, 6) is 0.887. The summed E-state index contributed by atoms with van der Waals surface area (Å²) in [7, 11) is 0. The maximum Gasteiger partial charge on any atom is 0.221 e. The molecule has 132 valence electrons. The Labute approximate surface area is 159 Å². The summed E-state index contributed by atoms with van der Waals surface area (Å²) in [4.78, 5) is 12.2. The number of nitrogens with one attached hydrogen (secondary N) is 1. The Morgan fingerprint density at radius 1 is 1.12 bits per heavy atom. The molecule has 0 spiro atoms. The van der Waals surface area contributed by atoms with Gasteiger partial charge in [0.2, 0.25) is 5.91 Å². The number of rotatable bonds is 6. The second-order valence-electron chi connectivity index (χ2n) is 6.11. The summed E-state index contributed by atoms with van der Waals surface area (Å²) >= 11 is 3.50. The van der Waals surface area contributed by atoms with Crippen LogP contribution in [0.25, 0.3) is 16.6 Å². The molecule has 4 rings (SSSR count). The van der Waals surface area contributed by atoms with Crippen LogP contribution in [0.2, 0.25) is 0 Å². The molecule has 6 nitrogen and oxygen atoms in total. The standard InChI is InChI=1S/C19H18BrN5O/c20-15-5-4-14-7-11-24(16(14)13-15)12-8-19(26)21-9-6-18-23-22-17-3-1-2-10-25(17)18/h1-5,7,10-11,13H,6,8-9,12H2,(H,21,26). The lowest BCUT2D eigenvalue weighted by molar-refractivity contribution is -0.121. The predicted octanol–water partition coefficient (Wildman–Crippen LogP) is 3.20. The van der Waals surface area contributed by atoms with Crippen molar-refractivity contribution >= 4 is 38.4 Å². The molecule has 0 unspecified atom stereocenters. The molecular formula is C19H18BrN5O. The fourth-order valence-corrected chi connectivity index (χ4v) is 3.39. The normalized spacial score (nSPS) is 11.3. The van der Waals surface area contributed by atoms with Gasteiger partial charge in [0.05, 0.1) is 0 Å². The molecule has 0 aliphatic rings. The van der Waals surface area contributed by atoms with Gasteiger partial charge in [-0.3, -0.25) is 9.20 Å². The number of carbonyl (C=O) groups is 1. The lowest BCUT2D eigenvalue weighted by Crippen LogP contribution is -2.27. The van der Waals surface area contributed by atoms with Crippen LogP contribution in [0, 0.1) is 0 Å². The van der Waals surface area contributed by atoms with E-state index in [1.54, 1.807) is 0 Å². The Balaban J connectivity index is 1.31. The minimum Gasteiger partial charge on any atom is -0.356 e. The van der Waals surface area contributed by atoms with Gasteiger partial charge in [0.25, 0.3) is 0 Å². The van der Waals surface area contributed by atoms with Crippen LogP contribution in [0.3, 0.4) is 0 Å². The maximum atomic E-state index is 12.2. The summed E-state index contributed by atoms with van der Waals surface area (Å²) in [6.45, 7) is 1.20. The third-order valence-corrected chi connectivity index (χ3v) is 4.86.